The third kappa shape index (κ3) is 4.14. The first-order valence-corrected chi connectivity index (χ1v) is 12.6. The van der Waals surface area contributed by atoms with Crippen molar-refractivity contribution in [1.29, 1.82) is 0 Å². The summed E-state index contributed by atoms with van der Waals surface area (Å²) in [5, 5.41) is 4.25. The van der Waals surface area contributed by atoms with Crippen molar-refractivity contribution in [2.45, 2.75) is 25.9 Å². The second kappa shape index (κ2) is 9.05. The monoisotopic (exact) mass is 580 g/mol. The fourth-order valence-corrected chi connectivity index (χ4v) is 5.50. The summed E-state index contributed by atoms with van der Waals surface area (Å²) in [5.74, 6) is 0. The molecule has 4 aromatic rings. The fraction of sp³-hybridized carbons (Fsp3) is 0.154. The number of thiocarbonyl (C=S) groups is 1. The van der Waals surface area contributed by atoms with E-state index in [0.717, 1.165) is 26.0 Å². The average Bonchev–Trinajstić information content (AvgIpc) is 3.31. The van der Waals surface area contributed by atoms with Crippen LogP contribution in [0.25, 0.3) is 5.69 Å². The molecule has 2 aromatic heterocycles. The Balaban J connectivity index is 1.67. The summed E-state index contributed by atoms with van der Waals surface area (Å²) in [6.45, 7) is 4.33. The molecule has 0 bridgehead atoms. The molecule has 2 atom stereocenters. The van der Waals surface area contributed by atoms with Crippen molar-refractivity contribution in [2.75, 3.05) is 4.90 Å². The van der Waals surface area contributed by atoms with E-state index in [0.29, 0.717) is 5.11 Å². The molecule has 1 saturated heterocycles. The number of halogens is 2. The van der Waals surface area contributed by atoms with Crippen LogP contribution in [0.1, 0.15) is 34.7 Å². The van der Waals surface area contributed by atoms with Crippen molar-refractivity contribution in [1.82, 2.24) is 14.9 Å². The highest BCUT2D eigenvalue weighted by atomic mass is 79.9. The Labute approximate surface area is 215 Å². The molecule has 0 aliphatic carbocycles. The largest absolute Gasteiger partial charge is 0.351 e. The molecule has 0 amide bonds. The number of hydrogen-bond acceptors (Lipinski definition) is 2. The maximum atomic E-state index is 5.86. The lowest BCUT2D eigenvalue weighted by Crippen LogP contribution is -2.29. The summed E-state index contributed by atoms with van der Waals surface area (Å²) in [7, 11) is 0. The first-order chi connectivity index (χ1) is 15.9. The van der Waals surface area contributed by atoms with E-state index in [-0.39, 0.29) is 12.1 Å². The highest BCUT2D eigenvalue weighted by Crippen LogP contribution is 2.43. The second-order valence-electron chi connectivity index (χ2n) is 8.11. The van der Waals surface area contributed by atoms with Crippen LogP contribution in [-0.4, -0.2) is 14.7 Å². The average molecular weight is 582 g/mol. The maximum absolute atomic E-state index is 5.86. The van der Waals surface area contributed by atoms with Crippen LogP contribution < -0.4 is 10.2 Å². The number of rotatable bonds is 4. The van der Waals surface area contributed by atoms with Crippen LogP contribution >= 0.6 is 44.1 Å². The first-order valence-electron chi connectivity index (χ1n) is 10.6. The van der Waals surface area contributed by atoms with Gasteiger partial charge in [0.05, 0.1) is 17.8 Å². The Bertz CT molecular complexity index is 1300. The van der Waals surface area contributed by atoms with Gasteiger partial charge in [0.2, 0.25) is 0 Å². The van der Waals surface area contributed by atoms with Gasteiger partial charge in [-0.15, -0.1) is 0 Å². The topological polar surface area (TPSA) is 33.1 Å². The molecule has 1 aliphatic heterocycles. The van der Waals surface area contributed by atoms with Crippen LogP contribution in [-0.2, 0) is 0 Å². The molecule has 166 valence electrons. The van der Waals surface area contributed by atoms with Gasteiger partial charge < -0.3 is 14.8 Å². The third-order valence-corrected chi connectivity index (χ3v) is 7.45. The number of benzene rings is 2. The minimum Gasteiger partial charge on any atom is -0.351 e. The molecular formula is C26H22Br2N4S. The molecule has 1 fully saturated rings. The molecule has 2 aromatic carbocycles. The number of aryl methyl sites for hydroxylation is 1. The molecule has 5 rings (SSSR count). The zero-order valence-corrected chi connectivity index (χ0v) is 22.2. The second-order valence-corrected chi connectivity index (χ2v) is 10.3. The summed E-state index contributed by atoms with van der Waals surface area (Å²) in [5.41, 5.74) is 6.75. The minimum atomic E-state index is -0.0683. The van der Waals surface area contributed by atoms with Crippen molar-refractivity contribution >= 4 is 54.9 Å². The smallest absolute Gasteiger partial charge is 0.174 e. The fourth-order valence-electron chi connectivity index (χ4n) is 4.63. The van der Waals surface area contributed by atoms with E-state index in [1.165, 1.54) is 17.0 Å². The molecule has 7 heteroatoms. The minimum absolute atomic E-state index is 0.0380. The van der Waals surface area contributed by atoms with Gasteiger partial charge in [0.15, 0.2) is 5.11 Å². The maximum Gasteiger partial charge on any atom is 0.174 e. The molecule has 1 N–H and O–H groups in total. The third-order valence-electron chi connectivity index (χ3n) is 6.08. The predicted molar refractivity (Wildman–Crippen MR) is 145 cm³/mol. The van der Waals surface area contributed by atoms with E-state index in [2.05, 4.69) is 114 Å². The Hall–Kier alpha value is -2.48. The number of nitrogens with zero attached hydrogens (tertiary/aromatic N) is 3. The zero-order valence-electron chi connectivity index (χ0n) is 18.2. The quantitative estimate of drug-likeness (QED) is 0.259. The Morgan fingerprint density at radius 3 is 2.12 bits per heavy atom. The summed E-state index contributed by atoms with van der Waals surface area (Å²) in [6, 6.07) is 24.9. The van der Waals surface area contributed by atoms with E-state index in [1.54, 1.807) is 0 Å². The van der Waals surface area contributed by atoms with Crippen LogP contribution in [0, 0.1) is 13.8 Å². The SMILES string of the molecule is Cc1cc(C2C(c3ccccn3)NC(=S)N2c2ccc(Br)cc2)c(C)n1-c1ccc(Br)cc1. The molecule has 2 unspecified atom stereocenters. The van der Waals surface area contributed by atoms with Crippen LogP contribution in [0.2, 0.25) is 0 Å². The summed E-state index contributed by atoms with van der Waals surface area (Å²) in [4.78, 5) is 6.89. The van der Waals surface area contributed by atoms with Gasteiger partial charge in [0.25, 0.3) is 0 Å². The Kier molecular flexibility index (Phi) is 6.12. The van der Waals surface area contributed by atoms with Crippen LogP contribution in [0.5, 0.6) is 0 Å². The van der Waals surface area contributed by atoms with Crippen molar-refractivity contribution < 1.29 is 0 Å². The van der Waals surface area contributed by atoms with E-state index in [1.807, 2.05) is 30.5 Å². The predicted octanol–water partition coefficient (Wildman–Crippen LogP) is 7.19. The van der Waals surface area contributed by atoms with Crippen LogP contribution in [0.15, 0.2) is 87.9 Å². The van der Waals surface area contributed by atoms with Crippen LogP contribution in [0.3, 0.4) is 0 Å². The van der Waals surface area contributed by atoms with Gasteiger partial charge in [-0.2, -0.15) is 0 Å². The lowest BCUT2D eigenvalue weighted by molar-refractivity contribution is 0.565. The van der Waals surface area contributed by atoms with Crippen molar-refractivity contribution in [2.24, 2.45) is 0 Å². The van der Waals surface area contributed by atoms with Gasteiger partial charge in [-0.3, -0.25) is 4.98 Å². The van der Waals surface area contributed by atoms with E-state index in [9.17, 15) is 0 Å². The molecule has 3 heterocycles. The van der Waals surface area contributed by atoms with E-state index < -0.39 is 0 Å². The van der Waals surface area contributed by atoms with E-state index in [4.69, 9.17) is 12.2 Å². The standard InChI is InChI=1S/C26H22Br2N4S/c1-16-15-22(17(2)31(16)20-10-6-18(27)7-11-20)25-24(23-5-3-4-14-29-23)30-26(33)32(25)21-12-8-19(28)9-13-21/h3-15,24-25H,1-2H3,(H,30,33). The number of anilines is 1. The van der Waals surface area contributed by atoms with Gasteiger partial charge in [-0.25, -0.2) is 0 Å². The summed E-state index contributed by atoms with van der Waals surface area (Å²) in [6.07, 6.45) is 1.84. The number of pyridine rings is 1. The Morgan fingerprint density at radius 1 is 0.879 bits per heavy atom. The molecule has 33 heavy (non-hydrogen) atoms. The van der Waals surface area contributed by atoms with Gasteiger partial charge in [0, 0.05) is 37.9 Å². The zero-order chi connectivity index (χ0) is 23.1. The van der Waals surface area contributed by atoms with Gasteiger partial charge in [-0.05, 0) is 98.4 Å². The normalized spacial score (nSPS) is 17.9. The molecular weight excluding hydrogens is 560 g/mol. The van der Waals surface area contributed by atoms with Crippen molar-refractivity contribution in [3.63, 3.8) is 0 Å². The van der Waals surface area contributed by atoms with Crippen LogP contribution in [0.4, 0.5) is 5.69 Å². The molecule has 0 spiro atoms. The number of aromatic nitrogens is 2. The lowest BCUT2D eigenvalue weighted by atomic mass is 9.96. The molecule has 0 saturated carbocycles. The van der Waals surface area contributed by atoms with Gasteiger partial charge in [-0.1, -0.05) is 37.9 Å². The number of hydrogen-bond donors (Lipinski definition) is 1. The van der Waals surface area contributed by atoms with Gasteiger partial charge >= 0.3 is 0 Å². The highest BCUT2D eigenvalue weighted by Gasteiger charge is 2.42. The van der Waals surface area contributed by atoms with Crippen molar-refractivity contribution in [3.05, 3.63) is 111 Å². The molecule has 0 radical (unpaired) electrons. The summed E-state index contributed by atoms with van der Waals surface area (Å²) >= 11 is 13.0. The Morgan fingerprint density at radius 2 is 1.52 bits per heavy atom. The molecule has 1 aliphatic rings. The van der Waals surface area contributed by atoms with Crippen molar-refractivity contribution in [3.8, 4) is 5.69 Å². The first kappa shape index (κ1) is 22.3. The number of nitrogens with one attached hydrogen (secondary N) is 1. The van der Waals surface area contributed by atoms with E-state index >= 15 is 0 Å². The summed E-state index contributed by atoms with van der Waals surface area (Å²) < 4.78 is 4.41. The lowest BCUT2D eigenvalue weighted by Gasteiger charge is -2.28. The van der Waals surface area contributed by atoms with Gasteiger partial charge in [0.1, 0.15) is 0 Å². The molecule has 4 nitrogen and oxygen atoms in total. The highest BCUT2D eigenvalue weighted by molar-refractivity contribution is 9.10.